The molecule has 2 N–H and O–H groups in total. The Morgan fingerprint density at radius 2 is 1.88 bits per heavy atom. The number of nitrogens with zero attached hydrogens (tertiary/aromatic N) is 2. The first-order chi connectivity index (χ1) is 12.0. The highest BCUT2D eigenvalue weighted by Gasteiger charge is 2.23. The molecule has 1 fully saturated rings. The number of nitrogens with two attached hydrogens (primary N) is 1. The van der Waals surface area contributed by atoms with Crippen LogP contribution in [0.5, 0.6) is 0 Å². The van der Waals surface area contributed by atoms with Crippen LogP contribution in [0.1, 0.15) is 17.0 Å². The van der Waals surface area contributed by atoms with Crippen molar-refractivity contribution in [2.45, 2.75) is 6.42 Å². The SMILES string of the molecule is NC(=O)CN1CCCN(C(=O)c2ccc(-c3ccccc3F)o2)CC1. The van der Waals surface area contributed by atoms with E-state index in [1.54, 1.807) is 35.2 Å². The standard InChI is InChI=1S/C18H20FN3O3/c19-14-5-2-1-4-13(14)15-6-7-16(25-15)18(24)22-9-3-8-21(10-11-22)12-17(20)23/h1-2,4-7H,3,8-12H2,(H2,20,23). The maximum absolute atomic E-state index is 13.8. The fraction of sp³-hybridized carbons (Fsp3) is 0.333. The Kier molecular flexibility index (Phi) is 5.14. The minimum atomic E-state index is -0.396. The highest BCUT2D eigenvalue weighted by atomic mass is 19.1. The Morgan fingerprint density at radius 1 is 1.08 bits per heavy atom. The molecule has 1 aromatic carbocycles. The Balaban J connectivity index is 1.69. The lowest BCUT2D eigenvalue weighted by Gasteiger charge is -2.20. The summed E-state index contributed by atoms with van der Waals surface area (Å²) >= 11 is 0. The predicted molar refractivity (Wildman–Crippen MR) is 90.3 cm³/mol. The van der Waals surface area contributed by atoms with Gasteiger partial charge in [0.05, 0.1) is 12.1 Å². The fourth-order valence-electron chi connectivity index (χ4n) is 2.97. The summed E-state index contributed by atoms with van der Waals surface area (Å²) in [4.78, 5) is 27.3. The Morgan fingerprint density at radius 3 is 2.64 bits per heavy atom. The molecular weight excluding hydrogens is 325 g/mol. The van der Waals surface area contributed by atoms with Crippen molar-refractivity contribution in [3.05, 3.63) is 48.0 Å². The Bertz CT molecular complexity index is 774. The smallest absolute Gasteiger partial charge is 0.289 e. The summed E-state index contributed by atoms with van der Waals surface area (Å²) in [7, 11) is 0. The molecule has 7 heteroatoms. The van der Waals surface area contributed by atoms with Crippen LogP contribution in [0, 0.1) is 5.82 Å². The first-order valence-electron chi connectivity index (χ1n) is 8.19. The highest BCUT2D eigenvalue weighted by Crippen LogP contribution is 2.25. The highest BCUT2D eigenvalue weighted by molar-refractivity contribution is 5.92. The lowest BCUT2D eigenvalue weighted by molar-refractivity contribution is -0.119. The number of carbonyl (C=O) groups is 2. The zero-order valence-corrected chi connectivity index (χ0v) is 13.8. The summed E-state index contributed by atoms with van der Waals surface area (Å²) in [5.41, 5.74) is 5.55. The average Bonchev–Trinajstić information content (AvgIpc) is 2.95. The van der Waals surface area contributed by atoms with Gasteiger partial charge >= 0.3 is 0 Å². The predicted octanol–water partition coefficient (Wildman–Crippen LogP) is 1.72. The van der Waals surface area contributed by atoms with Gasteiger partial charge in [0.15, 0.2) is 5.76 Å². The van der Waals surface area contributed by atoms with Crippen molar-refractivity contribution in [1.29, 1.82) is 0 Å². The van der Waals surface area contributed by atoms with E-state index in [-0.39, 0.29) is 24.1 Å². The second kappa shape index (κ2) is 7.48. The molecule has 1 aliphatic heterocycles. The van der Waals surface area contributed by atoms with Gasteiger partial charge < -0.3 is 15.1 Å². The molecule has 0 aliphatic carbocycles. The van der Waals surface area contributed by atoms with Crippen LogP contribution < -0.4 is 5.73 Å². The fourth-order valence-corrected chi connectivity index (χ4v) is 2.97. The van der Waals surface area contributed by atoms with Gasteiger partial charge in [-0.05, 0) is 30.7 Å². The van der Waals surface area contributed by atoms with E-state index >= 15 is 0 Å². The molecule has 25 heavy (non-hydrogen) atoms. The monoisotopic (exact) mass is 345 g/mol. The Hall–Kier alpha value is -2.67. The maximum Gasteiger partial charge on any atom is 0.289 e. The van der Waals surface area contributed by atoms with Crippen molar-refractivity contribution in [3.63, 3.8) is 0 Å². The summed E-state index contributed by atoms with van der Waals surface area (Å²) < 4.78 is 19.4. The molecular formula is C18H20FN3O3. The molecule has 0 spiro atoms. The molecule has 0 radical (unpaired) electrons. The van der Waals surface area contributed by atoms with Gasteiger partial charge in [0.1, 0.15) is 11.6 Å². The molecule has 2 aromatic rings. The lowest BCUT2D eigenvalue weighted by Crippen LogP contribution is -2.38. The summed E-state index contributed by atoms with van der Waals surface area (Å²) in [6.07, 6.45) is 0.750. The number of primary amides is 1. The maximum atomic E-state index is 13.8. The van der Waals surface area contributed by atoms with Crippen LogP contribution in [-0.4, -0.2) is 54.3 Å². The van der Waals surface area contributed by atoms with Crippen LogP contribution in [-0.2, 0) is 4.79 Å². The molecule has 1 aliphatic rings. The van der Waals surface area contributed by atoms with E-state index in [0.29, 0.717) is 37.5 Å². The first kappa shape index (κ1) is 17.2. The van der Waals surface area contributed by atoms with Gasteiger partial charge in [0.25, 0.3) is 5.91 Å². The van der Waals surface area contributed by atoms with Gasteiger partial charge in [-0.15, -0.1) is 0 Å². The van der Waals surface area contributed by atoms with Crippen molar-refractivity contribution in [1.82, 2.24) is 9.80 Å². The number of halogens is 1. The van der Waals surface area contributed by atoms with Crippen molar-refractivity contribution in [2.24, 2.45) is 5.73 Å². The number of amides is 2. The zero-order valence-electron chi connectivity index (χ0n) is 13.8. The normalized spacial score (nSPS) is 15.8. The summed E-state index contributed by atoms with van der Waals surface area (Å²) in [6.45, 7) is 2.55. The van der Waals surface area contributed by atoms with Crippen molar-refractivity contribution in [2.75, 3.05) is 32.7 Å². The minimum absolute atomic E-state index is 0.182. The van der Waals surface area contributed by atoms with E-state index in [1.807, 2.05) is 4.90 Å². The van der Waals surface area contributed by atoms with Crippen LogP contribution in [0.25, 0.3) is 11.3 Å². The molecule has 2 heterocycles. The average molecular weight is 345 g/mol. The van der Waals surface area contributed by atoms with Crippen molar-refractivity contribution >= 4 is 11.8 Å². The molecule has 0 atom stereocenters. The second-order valence-corrected chi connectivity index (χ2v) is 6.03. The van der Waals surface area contributed by atoms with E-state index in [0.717, 1.165) is 6.42 Å². The number of hydrogen-bond acceptors (Lipinski definition) is 4. The number of carbonyl (C=O) groups excluding carboxylic acids is 2. The third-order valence-corrected chi connectivity index (χ3v) is 4.21. The van der Waals surface area contributed by atoms with Crippen LogP contribution >= 0.6 is 0 Å². The number of rotatable bonds is 4. The number of hydrogen-bond donors (Lipinski definition) is 1. The molecule has 1 saturated heterocycles. The molecule has 0 bridgehead atoms. The first-order valence-corrected chi connectivity index (χ1v) is 8.19. The third kappa shape index (κ3) is 4.06. The zero-order chi connectivity index (χ0) is 17.8. The van der Waals surface area contributed by atoms with E-state index in [2.05, 4.69) is 0 Å². The van der Waals surface area contributed by atoms with Gasteiger partial charge in [-0.25, -0.2) is 4.39 Å². The quantitative estimate of drug-likeness (QED) is 0.915. The summed E-state index contributed by atoms with van der Waals surface area (Å²) in [5, 5.41) is 0. The van der Waals surface area contributed by atoms with Crippen LogP contribution in [0.2, 0.25) is 0 Å². The molecule has 2 amide bonds. The Labute approximate surface area is 145 Å². The summed E-state index contributed by atoms with van der Waals surface area (Å²) in [6, 6.07) is 9.43. The van der Waals surface area contributed by atoms with E-state index < -0.39 is 5.82 Å². The summed E-state index contributed by atoms with van der Waals surface area (Å²) in [5.74, 6) is -0.496. The van der Waals surface area contributed by atoms with Gasteiger partial charge in [0.2, 0.25) is 5.91 Å². The largest absolute Gasteiger partial charge is 0.451 e. The second-order valence-electron chi connectivity index (χ2n) is 6.03. The molecule has 3 rings (SSSR count). The number of furan rings is 1. The topological polar surface area (TPSA) is 79.8 Å². The molecule has 6 nitrogen and oxygen atoms in total. The molecule has 0 unspecified atom stereocenters. The van der Waals surface area contributed by atoms with Crippen molar-refractivity contribution in [3.8, 4) is 11.3 Å². The third-order valence-electron chi connectivity index (χ3n) is 4.21. The molecule has 1 aromatic heterocycles. The van der Waals surface area contributed by atoms with E-state index in [1.165, 1.54) is 6.07 Å². The van der Waals surface area contributed by atoms with Gasteiger partial charge in [-0.3, -0.25) is 14.5 Å². The van der Waals surface area contributed by atoms with Crippen LogP contribution in [0.3, 0.4) is 0 Å². The lowest BCUT2D eigenvalue weighted by atomic mass is 10.1. The molecule has 0 saturated carbocycles. The molecule has 132 valence electrons. The minimum Gasteiger partial charge on any atom is -0.451 e. The van der Waals surface area contributed by atoms with Crippen LogP contribution in [0.15, 0.2) is 40.8 Å². The van der Waals surface area contributed by atoms with Gasteiger partial charge in [-0.2, -0.15) is 0 Å². The van der Waals surface area contributed by atoms with Crippen LogP contribution in [0.4, 0.5) is 4.39 Å². The number of benzene rings is 1. The van der Waals surface area contributed by atoms with Gasteiger partial charge in [0, 0.05) is 26.2 Å². The van der Waals surface area contributed by atoms with Gasteiger partial charge in [-0.1, -0.05) is 12.1 Å². The van der Waals surface area contributed by atoms with E-state index in [4.69, 9.17) is 10.2 Å². The van der Waals surface area contributed by atoms with Crippen molar-refractivity contribution < 1.29 is 18.4 Å². The van der Waals surface area contributed by atoms with E-state index in [9.17, 15) is 14.0 Å².